The number of benzene rings is 1. The lowest BCUT2D eigenvalue weighted by atomic mass is 10.1. The van der Waals surface area contributed by atoms with E-state index in [4.69, 9.17) is 4.42 Å². The maximum absolute atomic E-state index is 13.2. The highest BCUT2D eigenvalue weighted by Gasteiger charge is 2.27. The number of rotatable bonds is 5. The van der Waals surface area contributed by atoms with E-state index in [1.165, 1.54) is 10.9 Å². The van der Waals surface area contributed by atoms with E-state index in [1.807, 2.05) is 51.1 Å². The molecule has 0 aliphatic rings. The number of nitrogens with zero attached hydrogens (tertiary/aromatic N) is 3. The number of carbonyl (C=O) groups excluding carboxylic acids is 1. The average molecular weight is 353 g/mol. The molecule has 6 heteroatoms. The van der Waals surface area contributed by atoms with Crippen LogP contribution in [0, 0.1) is 13.8 Å². The van der Waals surface area contributed by atoms with Gasteiger partial charge in [0.25, 0.3) is 5.56 Å². The lowest BCUT2D eigenvalue weighted by molar-refractivity contribution is -0.121. The Morgan fingerprint density at radius 1 is 1.23 bits per heavy atom. The van der Waals surface area contributed by atoms with Gasteiger partial charge in [0, 0.05) is 17.8 Å². The van der Waals surface area contributed by atoms with Crippen molar-refractivity contribution < 1.29 is 9.21 Å². The minimum atomic E-state index is -0.617. The normalized spacial score (nSPS) is 12.3. The second-order valence-corrected chi connectivity index (χ2v) is 6.26. The first-order valence-corrected chi connectivity index (χ1v) is 8.82. The second-order valence-electron chi connectivity index (χ2n) is 6.26. The molecule has 1 amide bonds. The van der Waals surface area contributed by atoms with Gasteiger partial charge in [-0.3, -0.25) is 14.2 Å². The molecule has 136 valence electrons. The Hall–Kier alpha value is -2.89. The van der Waals surface area contributed by atoms with Crippen LogP contribution in [0.3, 0.4) is 0 Å². The Kier molecular flexibility index (Phi) is 4.93. The number of aromatic nitrogens is 2. The maximum atomic E-state index is 13.2. The van der Waals surface area contributed by atoms with Gasteiger partial charge in [-0.1, -0.05) is 25.1 Å². The molecule has 3 rings (SSSR count). The zero-order chi connectivity index (χ0) is 18.8. The topological polar surface area (TPSA) is 68.3 Å². The number of amides is 1. The second kappa shape index (κ2) is 7.15. The van der Waals surface area contributed by atoms with Crippen LogP contribution in [0.2, 0.25) is 0 Å². The van der Waals surface area contributed by atoms with E-state index in [0.717, 1.165) is 11.3 Å². The first-order chi connectivity index (χ1) is 12.5. The molecule has 0 aliphatic heterocycles. The zero-order valence-corrected chi connectivity index (χ0v) is 15.5. The third-order valence-electron chi connectivity index (χ3n) is 4.77. The molecule has 0 spiro atoms. The van der Waals surface area contributed by atoms with E-state index in [-0.39, 0.29) is 11.5 Å². The zero-order valence-electron chi connectivity index (χ0n) is 15.5. The highest BCUT2D eigenvalue weighted by molar-refractivity contribution is 5.96. The molecule has 0 saturated carbocycles. The van der Waals surface area contributed by atoms with Crippen molar-refractivity contribution in [3.8, 4) is 0 Å². The monoisotopic (exact) mass is 353 g/mol. The molecule has 1 aromatic carbocycles. The van der Waals surface area contributed by atoms with E-state index in [1.54, 1.807) is 11.8 Å². The number of para-hydroxylation sites is 1. The highest BCUT2D eigenvalue weighted by Crippen LogP contribution is 2.23. The number of hydrogen-bond acceptors (Lipinski definition) is 4. The van der Waals surface area contributed by atoms with Crippen molar-refractivity contribution in [3.63, 3.8) is 0 Å². The molecule has 0 bridgehead atoms. The van der Waals surface area contributed by atoms with E-state index >= 15 is 0 Å². The molecule has 0 aliphatic carbocycles. The largest absolute Gasteiger partial charge is 0.443 e. The maximum Gasteiger partial charge on any atom is 0.265 e. The summed E-state index contributed by atoms with van der Waals surface area (Å²) in [6.07, 6.45) is 1.91. The summed E-state index contributed by atoms with van der Waals surface area (Å²) in [4.78, 5) is 32.2. The predicted molar refractivity (Wildman–Crippen MR) is 102 cm³/mol. The summed E-state index contributed by atoms with van der Waals surface area (Å²) >= 11 is 0. The van der Waals surface area contributed by atoms with Crippen molar-refractivity contribution in [1.82, 2.24) is 9.55 Å². The molecule has 2 aromatic heterocycles. The van der Waals surface area contributed by atoms with Crippen LogP contribution < -0.4 is 10.5 Å². The number of hydrogen-bond donors (Lipinski definition) is 0. The third-order valence-corrected chi connectivity index (χ3v) is 4.77. The van der Waals surface area contributed by atoms with Crippen molar-refractivity contribution in [3.05, 3.63) is 58.3 Å². The van der Waals surface area contributed by atoms with Gasteiger partial charge in [-0.25, -0.2) is 4.98 Å². The smallest absolute Gasteiger partial charge is 0.265 e. The SMILES string of the molecule is CC[C@H](C(=O)N(CC)c1ccccc1)n1cnc2oc(C)c(C)c2c1=O. The number of fused-ring (bicyclic) bond motifs is 1. The summed E-state index contributed by atoms with van der Waals surface area (Å²) in [5, 5.41) is 0.444. The Morgan fingerprint density at radius 2 is 1.92 bits per heavy atom. The van der Waals surface area contributed by atoms with Gasteiger partial charge in [-0.05, 0) is 39.3 Å². The first-order valence-electron chi connectivity index (χ1n) is 8.82. The van der Waals surface area contributed by atoms with Crippen LogP contribution in [0.25, 0.3) is 11.1 Å². The van der Waals surface area contributed by atoms with Gasteiger partial charge in [0.2, 0.25) is 11.6 Å². The summed E-state index contributed by atoms with van der Waals surface area (Å²) in [7, 11) is 0. The number of likely N-dealkylation sites (N-methyl/N-ethyl adjacent to an activating group) is 1. The van der Waals surface area contributed by atoms with Gasteiger partial charge < -0.3 is 9.32 Å². The fourth-order valence-corrected chi connectivity index (χ4v) is 3.21. The standard InChI is InChI=1S/C20H23N3O3/c1-5-16(19(24)22(6-2)15-10-8-7-9-11-15)23-12-21-18-17(20(23)25)13(3)14(4)26-18/h7-12,16H,5-6H2,1-4H3/t16-/m1/s1. The summed E-state index contributed by atoms with van der Waals surface area (Å²) in [5.74, 6) is 0.545. The molecular weight excluding hydrogens is 330 g/mol. The molecule has 2 heterocycles. The van der Waals surface area contributed by atoms with Crippen molar-refractivity contribution in [2.24, 2.45) is 0 Å². The van der Waals surface area contributed by atoms with Gasteiger partial charge in [0.1, 0.15) is 23.5 Å². The van der Waals surface area contributed by atoms with E-state index in [2.05, 4.69) is 4.98 Å². The van der Waals surface area contributed by atoms with Crippen LogP contribution in [-0.2, 0) is 4.79 Å². The van der Waals surface area contributed by atoms with Crippen LogP contribution in [0.1, 0.15) is 37.6 Å². The summed E-state index contributed by atoms with van der Waals surface area (Å²) in [6.45, 7) is 7.97. The summed E-state index contributed by atoms with van der Waals surface area (Å²) < 4.78 is 6.96. The van der Waals surface area contributed by atoms with Crippen LogP contribution in [-0.4, -0.2) is 22.0 Å². The van der Waals surface area contributed by atoms with Crippen LogP contribution >= 0.6 is 0 Å². The van der Waals surface area contributed by atoms with Gasteiger partial charge in [0.05, 0.1) is 0 Å². The van der Waals surface area contributed by atoms with Crippen molar-refractivity contribution in [2.75, 3.05) is 11.4 Å². The highest BCUT2D eigenvalue weighted by atomic mass is 16.3. The lowest BCUT2D eigenvalue weighted by Gasteiger charge is -2.26. The quantitative estimate of drug-likeness (QED) is 0.703. The molecular formula is C20H23N3O3. The molecule has 0 N–H and O–H groups in total. The molecule has 1 atom stereocenters. The van der Waals surface area contributed by atoms with E-state index in [0.29, 0.717) is 29.8 Å². The third kappa shape index (κ3) is 2.92. The van der Waals surface area contributed by atoms with Gasteiger partial charge in [-0.2, -0.15) is 0 Å². The van der Waals surface area contributed by atoms with Crippen molar-refractivity contribution in [2.45, 2.75) is 40.2 Å². The minimum absolute atomic E-state index is 0.123. The van der Waals surface area contributed by atoms with Crippen LogP contribution in [0.5, 0.6) is 0 Å². The molecule has 6 nitrogen and oxygen atoms in total. The number of carbonyl (C=O) groups is 1. The fraction of sp³-hybridized carbons (Fsp3) is 0.350. The lowest BCUT2D eigenvalue weighted by Crippen LogP contribution is -2.40. The van der Waals surface area contributed by atoms with Crippen LogP contribution in [0.4, 0.5) is 5.69 Å². The molecule has 0 saturated heterocycles. The average Bonchev–Trinajstić information content (AvgIpc) is 2.94. The Balaban J connectivity index is 2.07. The number of furan rings is 1. The predicted octanol–water partition coefficient (Wildman–Crippen LogP) is 3.61. The molecule has 0 fully saturated rings. The summed E-state index contributed by atoms with van der Waals surface area (Å²) in [5.41, 5.74) is 1.66. The molecule has 0 unspecified atom stereocenters. The van der Waals surface area contributed by atoms with Gasteiger partial charge >= 0.3 is 0 Å². The van der Waals surface area contributed by atoms with Crippen molar-refractivity contribution >= 4 is 22.7 Å². The van der Waals surface area contributed by atoms with E-state index in [9.17, 15) is 9.59 Å². The Bertz CT molecular complexity index is 989. The number of anilines is 1. The fourth-order valence-electron chi connectivity index (χ4n) is 3.21. The van der Waals surface area contributed by atoms with Gasteiger partial charge in [0.15, 0.2) is 0 Å². The summed E-state index contributed by atoms with van der Waals surface area (Å²) in [6, 6.07) is 8.86. The van der Waals surface area contributed by atoms with Gasteiger partial charge in [-0.15, -0.1) is 0 Å². The molecule has 3 aromatic rings. The number of aryl methyl sites for hydroxylation is 2. The Labute approximate surface area is 152 Å². The minimum Gasteiger partial charge on any atom is -0.443 e. The first kappa shape index (κ1) is 17.9. The van der Waals surface area contributed by atoms with Crippen molar-refractivity contribution in [1.29, 1.82) is 0 Å². The van der Waals surface area contributed by atoms with E-state index < -0.39 is 6.04 Å². The van der Waals surface area contributed by atoms with Crippen LogP contribution in [0.15, 0.2) is 45.9 Å². The molecule has 0 radical (unpaired) electrons. The Morgan fingerprint density at radius 3 is 2.54 bits per heavy atom. The molecule has 26 heavy (non-hydrogen) atoms.